The molecule has 0 bridgehead atoms. The van der Waals surface area contributed by atoms with Crippen LogP contribution in [0.25, 0.3) is 10.9 Å². The number of ether oxygens (including phenoxy) is 1. The zero-order valence-corrected chi connectivity index (χ0v) is 23.0. The Morgan fingerprint density at radius 1 is 0.786 bits per heavy atom. The third-order valence-corrected chi connectivity index (χ3v) is 6.85. The molecule has 0 saturated carbocycles. The molecule has 0 radical (unpaired) electrons. The van der Waals surface area contributed by atoms with Crippen molar-refractivity contribution >= 4 is 34.3 Å². The zero-order chi connectivity index (χ0) is 29.3. The molecular weight excluding hydrogens is 530 g/mol. The van der Waals surface area contributed by atoms with Crippen molar-refractivity contribution in [1.29, 1.82) is 0 Å². The van der Waals surface area contributed by atoms with Gasteiger partial charge in [0.25, 0.3) is 11.8 Å². The Bertz CT molecular complexity index is 1660. The lowest BCUT2D eigenvalue weighted by atomic mass is 10.0. The highest BCUT2D eigenvalue weighted by atomic mass is 16.5. The van der Waals surface area contributed by atoms with Gasteiger partial charge in [0.2, 0.25) is 5.91 Å². The molecule has 3 amide bonds. The minimum absolute atomic E-state index is 0.228. The van der Waals surface area contributed by atoms with E-state index in [2.05, 4.69) is 26.5 Å². The van der Waals surface area contributed by atoms with Crippen molar-refractivity contribution < 1.29 is 19.1 Å². The molecule has 0 unspecified atom stereocenters. The van der Waals surface area contributed by atoms with Crippen LogP contribution in [0.4, 0.5) is 5.69 Å². The normalized spacial score (nSPS) is 11.4. The molecule has 0 saturated heterocycles. The summed E-state index contributed by atoms with van der Waals surface area (Å²) < 4.78 is 5.18. The summed E-state index contributed by atoms with van der Waals surface area (Å²) in [6, 6.07) is 30.0. The third kappa shape index (κ3) is 6.95. The number of carbonyl (C=O) groups excluding carboxylic acids is 3. The fourth-order valence-electron chi connectivity index (χ4n) is 4.52. The minimum Gasteiger partial charge on any atom is -0.497 e. The Kier molecular flexibility index (Phi) is 8.79. The highest BCUT2D eigenvalue weighted by Crippen LogP contribution is 2.20. The molecule has 4 aromatic carbocycles. The van der Waals surface area contributed by atoms with Crippen LogP contribution in [0.2, 0.25) is 0 Å². The first-order chi connectivity index (χ1) is 20.5. The fraction of sp³-hybridized carbons (Fsp3) is 0.121. The molecule has 0 aliphatic heterocycles. The highest BCUT2D eigenvalue weighted by Gasteiger charge is 2.23. The zero-order valence-electron chi connectivity index (χ0n) is 23.0. The first kappa shape index (κ1) is 28.0. The van der Waals surface area contributed by atoms with Gasteiger partial charge < -0.3 is 20.4 Å². The number of amides is 3. The average molecular weight is 562 g/mol. The van der Waals surface area contributed by atoms with E-state index in [1.807, 2.05) is 60.8 Å². The van der Waals surface area contributed by atoms with E-state index in [4.69, 9.17) is 4.74 Å². The van der Waals surface area contributed by atoms with Gasteiger partial charge in [-0.15, -0.1) is 0 Å². The average Bonchev–Trinajstić information content (AvgIpc) is 3.45. The van der Waals surface area contributed by atoms with Crippen LogP contribution in [-0.2, 0) is 17.8 Å². The standard InChI is InChI=1S/C33H31N5O4/c1-42-27-17-15-23(16-18-27)31(39)36-30(19-25-21-34-29-10-6-5-9-28(25)29)33(41)35-20-22-11-13-24(14-12-22)32(40)38-37-26-7-3-2-4-8-26/h2-18,21,30,34,37H,19-20H2,1H3,(H,35,41)(H,36,39)(H,38,40)/t30-/m0/s1. The molecule has 5 aromatic rings. The first-order valence-corrected chi connectivity index (χ1v) is 13.5. The Morgan fingerprint density at radius 3 is 2.19 bits per heavy atom. The molecule has 1 atom stereocenters. The smallest absolute Gasteiger partial charge is 0.269 e. The van der Waals surface area contributed by atoms with Gasteiger partial charge in [-0.1, -0.05) is 48.5 Å². The van der Waals surface area contributed by atoms with Crippen molar-refractivity contribution in [2.75, 3.05) is 12.5 Å². The lowest BCUT2D eigenvalue weighted by Gasteiger charge is -2.19. The number of methoxy groups -OCH3 is 1. The topological polar surface area (TPSA) is 124 Å². The van der Waals surface area contributed by atoms with Crippen molar-refractivity contribution in [3.63, 3.8) is 0 Å². The monoisotopic (exact) mass is 561 g/mol. The molecular formula is C33H31N5O4. The van der Waals surface area contributed by atoms with Crippen LogP contribution in [0.5, 0.6) is 5.75 Å². The second-order valence-electron chi connectivity index (χ2n) is 9.68. The largest absolute Gasteiger partial charge is 0.497 e. The van der Waals surface area contributed by atoms with Crippen LogP contribution in [0.15, 0.2) is 109 Å². The molecule has 5 N–H and O–H groups in total. The second kappa shape index (κ2) is 13.2. The number of anilines is 1. The molecule has 42 heavy (non-hydrogen) atoms. The fourth-order valence-corrected chi connectivity index (χ4v) is 4.52. The molecule has 0 fully saturated rings. The summed E-state index contributed by atoms with van der Waals surface area (Å²) in [7, 11) is 1.56. The first-order valence-electron chi connectivity index (χ1n) is 13.5. The Balaban J connectivity index is 1.24. The van der Waals surface area contributed by atoms with E-state index in [1.54, 1.807) is 55.6 Å². The van der Waals surface area contributed by atoms with Crippen LogP contribution in [0, 0.1) is 0 Å². The number of aromatic nitrogens is 1. The molecule has 9 heteroatoms. The van der Waals surface area contributed by atoms with Gasteiger partial charge in [0.1, 0.15) is 11.8 Å². The van der Waals surface area contributed by atoms with E-state index >= 15 is 0 Å². The maximum Gasteiger partial charge on any atom is 0.269 e. The summed E-state index contributed by atoms with van der Waals surface area (Å²) in [6.45, 7) is 0.228. The van der Waals surface area contributed by atoms with E-state index in [-0.39, 0.29) is 24.3 Å². The van der Waals surface area contributed by atoms with Crippen molar-refractivity contribution in [3.05, 3.63) is 132 Å². The summed E-state index contributed by atoms with van der Waals surface area (Å²) >= 11 is 0. The number of hydrogen-bond acceptors (Lipinski definition) is 5. The van der Waals surface area contributed by atoms with Crippen molar-refractivity contribution in [2.45, 2.75) is 19.0 Å². The number of aromatic amines is 1. The Hall–Kier alpha value is -5.57. The Morgan fingerprint density at radius 2 is 1.45 bits per heavy atom. The lowest BCUT2D eigenvalue weighted by molar-refractivity contribution is -0.123. The number of rotatable bonds is 11. The molecule has 1 aromatic heterocycles. The van der Waals surface area contributed by atoms with Crippen LogP contribution in [0.3, 0.4) is 0 Å². The summed E-state index contributed by atoms with van der Waals surface area (Å²) in [6.07, 6.45) is 2.16. The van der Waals surface area contributed by atoms with Gasteiger partial charge in [-0.05, 0) is 65.7 Å². The summed E-state index contributed by atoms with van der Waals surface area (Å²) in [5, 5.41) is 6.82. The van der Waals surface area contributed by atoms with E-state index in [0.717, 1.165) is 27.7 Å². The maximum absolute atomic E-state index is 13.4. The van der Waals surface area contributed by atoms with Crippen LogP contribution in [0.1, 0.15) is 31.8 Å². The Labute approximate surface area is 243 Å². The second-order valence-corrected chi connectivity index (χ2v) is 9.68. The van der Waals surface area contributed by atoms with Gasteiger partial charge in [0.05, 0.1) is 12.8 Å². The number of benzene rings is 4. The predicted molar refractivity (Wildman–Crippen MR) is 162 cm³/mol. The minimum atomic E-state index is -0.826. The molecule has 9 nitrogen and oxygen atoms in total. The van der Waals surface area contributed by atoms with E-state index in [0.29, 0.717) is 23.3 Å². The summed E-state index contributed by atoms with van der Waals surface area (Å²) in [4.78, 5) is 42.2. The maximum atomic E-state index is 13.4. The van der Waals surface area contributed by atoms with E-state index in [9.17, 15) is 14.4 Å². The number of hydrazine groups is 1. The van der Waals surface area contributed by atoms with Crippen molar-refractivity contribution in [1.82, 2.24) is 21.0 Å². The third-order valence-electron chi connectivity index (χ3n) is 6.85. The number of nitrogens with one attached hydrogen (secondary N) is 5. The SMILES string of the molecule is COc1ccc(C(=O)N[C@@H](Cc2c[nH]c3ccccc23)C(=O)NCc2ccc(C(=O)NNc3ccccc3)cc2)cc1. The molecule has 0 spiro atoms. The number of carbonyl (C=O) groups is 3. The van der Waals surface area contributed by atoms with Crippen LogP contribution >= 0.6 is 0 Å². The van der Waals surface area contributed by atoms with E-state index < -0.39 is 6.04 Å². The predicted octanol–water partition coefficient (Wildman–Crippen LogP) is 4.59. The number of H-pyrrole nitrogens is 1. The van der Waals surface area contributed by atoms with E-state index in [1.165, 1.54) is 0 Å². The van der Waals surface area contributed by atoms with Gasteiger partial charge in [-0.25, -0.2) is 0 Å². The van der Waals surface area contributed by atoms with Crippen molar-refractivity contribution in [2.24, 2.45) is 0 Å². The van der Waals surface area contributed by atoms with Crippen LogP contribution < -0.4 is 26.2 Å². The molecule has 212 valence electrons. The van der Waals surface area contributed by atoms with Gasteiger partial charge in [0, 0.05) is 41.2 Å². The highest BCUT2D eigenvalue weighted by molar-refractivity contribution is 5.98. The molecule has 0 aliphatic rings. The van der Waals surface area contributed by atoms with Crippen LogP contribution in [-0.4, -0.2) is 35.9 Å². The summed E-state index contributed by atoms with van der Waals surface area (Å²) in [5.74, 6) is -0.335. The van der Waals surface area contributed by atoms with Crippen molar-refractivity contribution in [3.8, 4) is 5.75 Å². The number of para-hydroxylation sites is 2. The van der Waals surface area contributed by atoms with Gasteiger partial charge >= 0.3 is 0 Å². The van der Waals surface area contributed by atoms with Gasteiger partial charge in [0.15, 0.2) is 0 Å². The molecule has 1 heterocycles. The van der Waals surface area contributed by atoms with Gasteiger partial charge in [-0.3, -0.25) is 25.2 Å². The summed E-state index contributed by atoms with van der Waals surface area (Å²) in [5.41, 5.74) is 9.88. The number of fused-ring (bicyclic) bond motifs is 1. The number of hydrogen-bond donors (Lipinski definition) is 5. The van der Waals surface area contributed by atoms with Gasteiger partial charge in [-0.2, -0.15) is 0 Å². The quantitative estimate of drug-likeness (QED) is 0.151. The molecule has 0 aliphatic carbocycles. The molecule has 5 rings (SSSR count). The lowest BCUT2D eigenvalue weighted by Crippen LogP contribution is -2.47.